The number of carbonyl (C=O) groups is 1. The fraction of sp³-hybridized carbons (Fsp3) is 0.400. The third-order valence-electron chi connectivity index (χ3n) is 5.81. The van der Waals surface area contributed by atoms with Gasteiger partial charge in [0.25, 0.3) is 0 Å². The van der Waals surface area contributed by atoms with Crippen molar-refractivity contribution < 1.29 is 14.3 Å². The Morgan fingerprint density at radius 2 is 2.06 bits per heavy atom. The largest absolute Gasteiger partial charge is 0.477 e. The maximum absolute atomic E-state index is 11.8. The van der Waals surface area contributed by atoms with Crippen LogP contribution in [0.25, 0.3) is 11.1 Å². The first-order chi connectivity index (χ1) is 15.5. The molecule has 0 aliphatic carbocycles. The second-order valence-corrected chi connectivity index (χ2v) is 8.52. The van der Waals surface area contributed by atoms with E-state index < -0.39 is 0 Å². The van der Waals surface area contributed by atoms with Crippen LogP contribution in [0.4, 0.5) is 0 Å². The van der Waals surface area contributed by atoms with Gasteiger partial charge in [-0.2, -0.15) is 5.10 Å². The van der Waals surface area contributed by atoms with Crippen LogP contribution >= 0.6 is 0 Å². The van der Waals surface area contributed by atoms with Crippen molar-refractivity contribution in [2.24, 2.45) is 13.0 Å². The molecule has 0 bridgehead atoms. The van der Waals surface area contributed by atoms with E-state index in [1.807, 2.05) is 38.0 Å². The van der Waals surface area contributed by atoms with Crippen LogP contribution in [-0.2, 0) is 24.9 Å². The van der Waals surface area contributed by atoms with Gasteiger partial charge in [-0.3, -0.25) is 14.4 Å². The van der Waals surface area contributed by atoms with Gasteiger partial charge in [-0.1, -0.05) is 24.3 Å². The molecule has 1 fully saturated rings. The van der Waals surface area contributed by atoms with E-state index in [4.69, 9.17) is 9.47 Å². The molecule has 1 aliphatic heterocycles. The zero-order valence-corrected chi connectivity index (χ0v) is 19.0. The molecule has 4 rings (SSSR count). The smallest absolute Gasteiger partial charge is 0.224 e. The van der Waals surface area contributed by atoms with Gasteiger partial charge in [0.2, 0.25) is 5.88 Å². The van der Waals surface area contributed by atoms with E-state index in [1.165, 1.54) is 5.56 Å². The van der Waals surface area contributed by atoms with Crippen LogP contribution in [0.1, 0.15) is 33.6 Å². The molecule has 7 heteroatoms. The first-order valence-electron chi connectivity index (χ1n) is 10.9. The third kappa shape index (κ3) is 5.23. The summed E-state index contributed by atoms with van der Waals surface area (Å²) in [4.78, 5) is 18.3. The highest BCUT2D eigenvalue weighted by atomic mass is 16.5. The van der Waals surface area contributed by atoms with Gasteiger partial charge in [0.05, 0.1) is 24.5 Å². The van der Waals surface area contributed by atoms with Crippen LogP contribution in [0, 0.1) is 12.8 Å². The number of hydrogen-bond acceptors (Lipinski definition) is 6. The minimum atomic E-state index is 0.362. The molecule has 1 atom stereocenters. The fourth-order valence-corrected chi connectivity index (χ4v) is 4.11. The number of carbonyl (C=O) groups excluding carboxylic acids is 1. The molecule has 1 unspecified atom stereocenters. The number of aldehydes is 1. The van der Waals surface area contributed by atoms with Crippen molar-refractivity contribution in [3.63, 3.8) is 0 Å². The number of ether oxygens (including phenoxy) is 2. The molecule has 2 aromatic heterocycles. The number of aryl methyl sites for hydroxylation is 2. The lowest BCUT2D eigenvalue weighted by molar-refractivity contribution is 0.111. The van der Waals surface area contributed by atoms with E-state index in [1.54, 1.807) is 6.20 Å². The van der Waals surface area contributed by atoms with Crippen molar-refractivity contribution >= 4 is 6.29 Å². The van der Waals surface area contributed by atoms with Gasteiger partial charge < -0.3 is 9.47 Å². The molecule has 3 aromatic rings. The summed E-state index contributed by atoms with van der Waals surface area (Å²) in [6.07, 6.45) is 5.58. The van der Waals surface area contributed by atoms with Crippen molar-refractivity contribution in [2.75, 3.05) is 26.9 Å². The molecule has 1 aliphatic rings. The topological polar surface area (TPSA) is 69.5 Å². The summed E-state index contributed by atoms with van der Waals surface area (Å²) in [5.74, 6) is 0.773. The summed E-state index contributed by atoms with van der Waals surface area (Å²) in [7, 11) is 3.98. The average Bonchev–Trinajstić information content (AvgIpc) is 3.42. The lowest BCUT2D eigenvalue weighted by atomic mass is 10.0. The minimum Gasteiger partial charge on any atom is -0.477 e. The number of aromatic nitrogens is 3. The predicted molar refractivity (Wildman–Crippen MR) is 123 cm³/mol. The zero-order chi connectivity index (χ0) is 22.5. The molecule has 0 saturated carbocycles. The average molecular weight is 435 g/mol. The SMILES string of the molecule is Cc1nn(C)cc1-c1ccc(CN(C)Cc2ccnc(OCC3CCOC3)c2C=O)cc1. The molecule has 0 N–H and O–H groups in total. The highest BCUT2D eigenvalue weighted by Crippen LogP contribution is 2.24. The van der Waals surface area contributed by atoms with E-state index in [2.05, 4.69) is 39.2 Å². The van der Waals surface area contributed by atoms with E-state index in [9.17, 15) is 4.79 Å². The monoisotopic (exact) mass is 434 g/mol. The Labute approximate surface area is 189 Å². The normalized spacial score (nSPS) is 15.9. The Morgan fingerprint density at radius 1 is 1.25 bits per heavy atom. The van der Waals surface area contributed by atoms with Crippen molar-refractivity contribution in [1.82, 2.24) is 19.7 Å². The first-order valence-corrected chi connectivity index (χ1v) is 10.9. The van der Waals surface area contributed by atoms with Crippen molar-refractivity contribution in [3.8, 4) is 17.0 Å². The van der Waals surface area contributed by atoms with E-state index in [0.717, 1.165) is 48.2 Å². The highest BCUT2D eigenvalue weighted by molar-refractivity contribution is 5.80. The van der Waals surface area contributed by atoms with Crippen LogP contribution in [0.2, 0.25) is 0 Å². The standard InChI is InChI=1S/C25H30N4O3/c1-18-23(14-29(3)27-18)21-6-4-19(5-7-21)12-28(2)13-22-8-10-26-25(24(22)15-30)32-17-20-9-11-31-16-20/h4-8,10,14-15,20H,9,11-13,16-17H2,1-3H3. The van der Waals surface area contributed by atoms with Crippen molar-refractivity contribution in [3.05, 3.63) is 65.1 Å². The number of pyridine rings is 1. The molecule has 1 aromatic carbocycles. The molecule has 168 valence electrons. The van der Waals surface area contributed by atoms with Gasteiger partial charge in [-0.15, -0.1) is 0 Å². The molecule has 0 radical (unpaired) electrons. The highest BCUT2D eigenvalue weighted by Gasteiger charge is 2.19. The zero-order valence-electron chi connectivity index (χ0n) is 19.0. The molecule has 7 nitrogen and oxygen atoms in total. The van der Waals surface area contributed by atoms with E-state index in [0.29, 0.717) is 37.1 Å². The number of benzene rings is 1. The molecule has 0 amide bonds. The van der Waals surface area contributed by atoms with Gasteiger partial charge >= 0.3 is 0 Å². The Morgan fingerprint density at radius 3 is 2.72 bits per heavy atom. The Bertz CT molecular complexity index is 1060. The first kappa shape index (κ1) is 22.2. The summed E-state index contributed by atoms with van der Waals surface area (Å²) in [5.41, 5.74) is 5.98. The molecular weight excluding hydrogens is 404 g/mol. The van der Waals surface area contributed by atoms with Gasteiger partial charge in [-0.05, 0) is 43.1 Å². The second-order valence-electron chi connectivity index (χ2n) is 8.52. The number of rotatable bonds is 9. The second kappa shape index (κ2) is 10.1. The lowest BCUT2D eigenvalue weighted by Crippen LogP contribution is -2.19. The molecule has 3 heterocycles. The van der Waals surface area contributed by atoms with Gasteiger partial charge in [0, 0.05) is 50.6 Å². The van der Waals surface area contributed by atoms with Crippen molar-refractivity contribution in [2.45, 2.75) is 26.4 Å². The molecule has 0 spiro atoms. The van der Waals surface area contributed by atoms with Gasteiger partial charge in [0.15, 0.2) is 6.29 Å². The summed E-state index contributed by atoms with van der Waals surface area (Å²) in [6, 6.07) is 10.4. The molecule has 1 saturated heterocycles. The van der Waals surface area contributed by atoms with E-state index >= 15 is 0 Å². The van der Waals surface area contributed by atoms with Crippen molar-refractivity contribution in [1.29, 1.82) is 0 Å². The van der Waals surface area contributed by atoms with Crippen LogP contribution in [0.15, 0.2) is 42.7 Å². The van der Waals surface area contributed by atoms with Crippen LogP contribution in [0.3, 0.4) is 0 Å². The predicted octanol–water partition coefficient (Wildman–Crippen LogP) is 3.65. The Balaban J connectivity index is 1.40. The molecule has 32 heavy (non-hydrogen) atoms. The van der Waals surface area contributed by atoms with Crippen LogP contribution in [-0.4, -0.2) is 52.8 Å². The lowest BCUT2D eigenvalue weighted by Gasteiger charge is -2.19. The summed E-state index contributed by atoms with van der Waals surface area (Å²) >= 11 is 0. The van der Waals surface area contributed by atoms with Gasteiger partial charge in [-0.25, -0.2) is 4.98 Å². The van der Waals surface area contributed by atoms with E-state index in [-0.39, 0.29) is 0 Å². The maximum atomic E-state index is 11.8. The Kier molecular flexibility index (Phi) is 6.97. The quantitative estimate of drug-likeness (QED) is 0.479. The fourth-order valence-electron chi connectivity index (χ4n) is 4.11. The minimum absolute atomic E-state index is 0.362. The summed E-state index contributed by atoms with van der Waals surface area (Å²) < 4.78 is 13.1. The third-order valence-corrected chi connectivity index (χ3v) is 5.81. The van der Waals surface area contributed by atoms with Gasteiger partial charge in [0.1, 0.15) is 0 Å². The maximum Gasteiger partial charge on any atom is 0.224 e. The van der Waals surface area contributed by atoms with Crippen LogP contribution < -0.4 is 4.74 Å². The number of hydrogen-bond donors (Lipinski definition) is 0. The van der Waals surface area contributed by atoms with Crippen LogP contribution in [0.5, 0.6) is 5.88 Å². The number of nitrogens with zero attached hydrogens (tertiary/aromatic N) is 4. The molecular formula is C25H30N4O3. The summed E-state index contributed by atoms with van der Waals surface area (Å²) in [6.45, 7) is 5.42. The summed E-state index contributed by atoms with van der Waals surface area (Å²) in [5, 5.41) is 4.42. The Hall–Kier alpha value is -3.03.